The molecule has 0 saturated heterocycles. The highest BCUT2D eigenvalue weighted by Crippen LogP contribution is 2.15. The highest BCUT2D eigenvalue weighted by atomic mass is 32.1. The summed E-state index contributed by atoms with van der Waals surface area (Å²) in [6.45, 7) is 2.51. The van der Waals surface area contributed by atoms with E-state index < -0.39 is 11.6 Å². The molecule has 2 nitrogen and oxygen atoms in total. The van der Waals surface area contributed by atoms with Crippen molar-refractivity contribution in [3.63, 3.8) is 0 Å². The molecule has 2 aromatic carbocycles. The van der Waals surface area contributed by atoms with Crippen molar-refractivity contribution < 1.29 is 8.78 Å². The van der Waals surface area contributed by atoms with Gasteiger partial charge in [0.15, 0.2) is 0 Å². The lowest BCUT2D eigenvalue weighted by Crippen LogP contribution is -2.12. The molecule has 2 rings (SSSR count). The summed E-state index contributed by atoms with van der Waals surface area (Å²) >= 11 is 4.95. The fourth-order valence-corrected chi connectivity index (χ4v) is 2.39. The van der Waals surface area contributed by atoms with Crippen molar-refractivity contribution in [1.29, 1.82) is 0 Å². The molecular weight excluding hydrogens is 290 g/mol. The Morgan fingerprint density at radius 1 is 1.14 bits per heavy atom. The molecule has 110 valence electrons. The molecule has 0 fully saturated rings. The molecule has 0 heterocycles. The molecule has 0 atom stereocenters. The number of nitrogens with two attached hydrogens (primary N) is 1. The van der Waals surface area contributed by atoms with Crippen molar-refractivity contribution in [3.05, 3.63) is 64.7 Å². The largest absolute Gasteiger partial charge is 0.389 e. The molecule has 21 heavy (non-hydrogen) atoms. The van der Waals surface area contributed by atoms with Crippen LogP contribution in [0.3, 0.4) is 0 Å². The number of hydrogen-bond acceptors (Lipinski definition) is 2. The Hall–Kier alpha value is -2.01. The second-order valence-corrected chi connectivity index (χ2v) is 5.29. The first-order valence-electron chi connectivity index (χ1n) is 6.55. The Kier molecular flexibility index (Phi) is 4.85. The van der Waals surface area contributed by atoms with Crippen molar-refractivity contribution >= 4 is 22.9 Å². The first-order chi connectivity index (χ1) is 9.95. The number of thiocarbonyl (C=S) groups is 1. The molecule has 0 aliphatic heterocycles. The third-order valence-electron chi connectivity index (χ3n) is 3.16. The van der Waals surface area contributed by atoms with Gasteiger partial charge in [-0.15, -0.1) is 0 Å². The maximum absolute atomic E-state index is 13.1. The third-order valence-corrected chi connectivity index (χ3v) is 3.38. The Labute approximate surface area is 128 Å². The second kappa shape index (κ2) is 6.63. The van der Waals surface area contributed by atoms with Crippen LogP contribution in [0.1, 0.15) is 16.7 Å². The van der Waals surface area contributed by atoms with Crippen molar-refractivity contribution in [2.45, 2.75) is 13.3 Å². The van der Waals surface area contributed by atoms with Gasteiger partial charge in [-0.25, -0.2) is 8.78 Å². The number of hydrogen-bond donors (Lipinski definition) is 2. The topological polar surface area (TPSA) is 38.0 Å². The van der Waals surface area contributed by atoms with E-state index in [2.05, 4.69) is 5.32 Å². The number of halogens is 2. The van der Waals surface area contributed by atoms with Gasteiger partial charge in [-0.05, 0) is 54.8 Å². The summed E-state index contributed by atoms with van der Waals surface area (Å²) in [6, 6.07) is 9.24. The molecule has 0 radical (unpaired) electrons. The predicted octanol–water partition coefficient (Wildman–Crippen LogP) is 3.56. The van der Waals surface area contributed by atoms with E-state index in [4.69, 9.17) is 18.0 Å². The molecule has 2 aromatic rings. The van der Waals surface area contributed by atoms with Crippen LogP contribution in [-0.4, -0.2) is 11.5 Å². The summed E-state index contributed by atoms with van der Waals surface area (Å²) in [5.74, 6) is -1.11. The summed E-state index contributed by atoms with van der Waals surface area (Å²) in [4.78, 5) is 0.370. The molecule has 0 spiro atoms. The Balaban J connectivity index is 1.97. The van der Waals surface area contributed by atoms with Crippen LogP contribution in [0.25, 0.3) is 0 Å². The lowest BCUT2D eigenvalue weighted by molar-refractivity contribution is 0.580. The molecule has 0 amide bonds. The van der Waals surface area contributed by atoms with Gasteiger partial charge < -0.3 is 11.1 Å². The van der Waals surface area contributed by atoms with Gasteiger partial charge in [-0.1, -0.05) is 12.2 Å². The Bertz CT molecular complexity index is 651. The van der Waals surface area contributed by atoms with E-state index in [0.29, 0.717) is 23.5 Å². The zero-order valence-electron chi connectivity index (χ0n) is 11.6. The molecular formula is C16H16F2N2S. The van der Waals surface area contributed by atoms with E-state index in [0.717, 1.165) is 22.9 Å². The molecule has 0 unspecified atom stereocenters. The molecule has 5 heteroatoms. The highest BCUT2D eigenvalue weighted by molar-refractivity contribution is 7.80. The van der Waals surface area contributed by atoms with Gasteiger partial charge in [0.05, 0.1) is 0 Å². The first-order valence-corrected chi connectivity index (χ1v) is 6.96. The van der Waals surface area contributed by atoms with Gasteiger partial charge in [0.25, 0.3) is 0 Å². The minimum absolute atomic E-state index is 0.370. The van der Waals surface area contributed by atoms with Crippen molar-refractivity contribution in [1.82, 2.24) is 0 Å². The number of anilines is 1. The standard InChI is InChI=1S/C16H16F2N2S/c1-10-6-14(2-3-15(10)16(19)21)20-5-4-11-7-12(17)9-13(18)8-11/h2-3,6-9,20H,4-5H2,1H3,(H2,19,21). The fraction of sp³-hybridized carbons (Fsp3) is 0.188. The average molecular weight is 306 g/mol. The maximum atomic E-state index is 13.1. The fourth-order valence-electron chi connectivity index (χ4n) is 2.16. The van der Waals surface area contributed by atoms with Crippen LogP contribution < -0.4 is 11.1 Å². The van der Waals surface area contributed by atoms with Crippen LogP contribution in [0.15, 0.2) is 36.4 Å². The summed E-state index contributed by atoms with van der Waals surface area (Å²) in [5.41, 5.74) is 8.99. The van der Waals surface area contributed by atoms with Gasteiger partial charge in [0.2, 0.25) is 0 Å². The summed E-state index contributed by atoms with van der Waals surface area (Å²) < 4.78 is 26.1. The van der Waals surface area contributed by atoms with Crippen LogP contribution in [-0.2, 0) is 6.42 Å². The molecule has 0 saturated carbocycles. The van der Waals surface area contributed by atoms with Crippen molar-refractivity contribution in [2.75, 3.05) is 11.9 Å². The summed E-state index contributed by atoms with van der Waals surface area (Å²) in [7, 11) is 0. The quantitative estimate of drug-likeness (QED) is 0.830. The van der Waals surface area contributed by atoms with Crippen molar-refractivity contribution in [2.24, 2.45) is 5.73 Å². The maximum Gasteiger partial charge on any atom is 0.126 e. The minimum Gasteiger partial charge on any atom is -0.389 e. The summed E-state index contributed by atoms with van der Waals surface area (Å²) in [6.07, 6.45) is 0.533. The first kappa shape index (κ1) is 15.4. The SMILES string of the molecule is Cc1cc(NCCc2cc(F)cc(F)c2)ccc1C(N)=S. The smallest absolute Gasteiger partial charge is 0.126 e. The normalized spacial score (nSPS) is 10.4. The van der Waals surface area contributed by atoms with Gasteiger partial charge in [0, 0.05) is 23.9 Å². The van der Waals surface area contributed by atoms with E-state index in [1.54, 1.807) is 0 Å². The highest BCUT2D eigenvalue weighted by Gasteiger charge is 2.03. The van der Waals surface area contributed by atoms with Crippen LogP contribution in [0.5, 0.6) is 0 Å². The number of aryl methyl sites for hydroxylation is 1. The van der Waals surface area contributed by atoms with Gasteiger partial charge >= 0.3 is 0 Å². The summed E-state index contributed by atoms with van der Waals surface area (Å²) in [5, 5.41) is 3.21. The zero-order valence-corrected chi connectivity index (χ0v) is 12.4. The molecule has 0 aliphatic carbocycles. The second-order valence-electron chi connectivity index (χ2n) is 4.85. The van der Waals surface area contributed by atoms with E-state index >= 15 is 0 Å². The van der Waals surface area contributed by atoms with Crippen LogP contribution in [0.4, 0.5) is 14.5 Å². The lowest BCUT2D eigenvalue weighted by atomic mass is 10.1. The van der Waals surface area contributed by atoms with E-state index in [1.165, 1.54) is 12.1 Å². The molecule has 0 bridgehead atoms. The number of rotatable bonds is 5. The van der Waals surface area contributed by atoms with E-state index in [-0.39, 0.29) is 0 Å². The minimum atomic E-state index is -0.554. The molecule has 0 aliphatic rings. The van der Waals surface area contributed by atoms with Gasteiger partial charge in [0.1, 0.15) is 16.6 Å². The number of nitrogens with one attached hydrogen (secondary N) is 1. The Morgan fingerprint density at radius 3 is 2.38 bits per heavy atom. The molecule has 0 aromatic heterocycles. The Morgan fingerprint density at radius 2 is 1.81 bits per heavy atom. The van der Waals surface area contributed by atoms with Gasteiger partial charge in [-0.3, -0.25) is 0 Å². The lowest BCUT2D eigenvalue weighted by Gasteiger charge is -2.10. The average Bonchev–Trinajstić information content (AvgIpc) is 2.37. The number of benzene rings is 2. The molecule has 3 N–H and O–H groups in total. The van der Waals surface area contributed by atoms with Crippen LogP contribution >= 0.6 is 12.2 Å². The van der Waals surface area contributed by atoms with Crippen LogP contribution in [0.2, 0.25) is 0 Å². The zero-order chi connectivity index (χ0) is 15.4. The van der Waals surface area contributed by atoms with E-state index in [1.807, 2.05) is 25.1 Å². The van der Waals surface area contributed by atoms with E-state index in [9.17, 15) is 8.78 Å². The third kappa shape index (κ3) is 4.23. The van der Waals surface area contributed by atoms with Gasteiger partial charge in [-0.2, -0.15) is 0 Å². The predicted molar refractivity (Wildman–Crippen MR) is 85.6 cm³/mol. The van der Waals surface area contributed by atoms with Crippen LogP contribution in [0, 0.1) is 18.6 Å². The van der Waals surface area contributed by atoms with Crippen molar-refractivity contribution in [3.8, 4) is 0 Å². The monoisotopic (exact) mass is 306 g/mol.